The highest BCUT2D eigenvalue weighted by Gasteiger charge is 2.53. The average Bonchev–Trinajstić information content (AvgIpc) is 3.58. The highest BCUT2D eigenvalue weighted by molar-refractivity contribution is 6.45. The number of esters is 1. The first-order chi connectivity index (χ1) is 26.2. The standard InChI is InChI=1S/C41H61BN4O11/c1-37(2,3)53-34(48)30-28(51-26-20-46(21-26)33(47)31(27-22-45(13)24-43-27)44-35(49)54-38(4,5)6)15-14-25(32(30)52-36(50)55-39(7,8)9)17-19-42-56-29-16-18-40(10,11)23-41(29,12)57-42/h14-15,22,24,26,29,31H,16-21,23H2,1-13H3,(H,44,49)/t29-,31?,41+/m1/s1. The van der Waals surface area contributed by atoms with Crippen molar-refractivity contribution >= 4 is 31.2 Å². The Morgan fingerprint density at radius 2 is 1.61 bits per heavy atom. The molecule has 2 amide bonds. The van der Waals surface area contributed by atoms with E-state index in [9.17, 15) is 19.2 Å². The van der Waals surface area contributed by atoms with Gasteiger partial charge in [0.05, 0.1) is 36.8 Å². The summed E-state index contributed by atoms with van der Waals surface area (Å²) in [4.78, 5) is 59.7. The molecule has 0 radical (unpaired) electrons. The van der Waals surface area contributed by atoms with E-state index in [1.54, 1.807) is 92.3 Å². The van der Waals surface area contributed by atoms with Crippen LogP contribution in [0.15, 0.2) is 24.7 Å². The van der Waals surface area contributed by atoms with Crippen LogP contribution in [-0.4, -0.2) is 93.4 Å². The molecule has 1 aromatic heterocycles. The molecule has 1 saturated carbocycles. The Morgan fingerprint density at radius 1 is 0.965 bits per heavy atom. The smallest absolute Gasteiger partial charge is 0.486 e. The van der Waals surface area contributed by atoms with E-state index in [0.29, 0.717) is 24.0 Å². The van der Waals surface area contributed by atoms with E-state index in [4.69, 9.17) is 33.0 Å². The summed E-state index contributed by atoms with van der Waals surface area (Å²) in [5, 5.41) is 2.65. The van der Waals surface area contributed by atoms with Crippen molar-refractivity contribution in [1.82, 2.24) is 19.8 Å². The molecule has 3 atom stereocenters. The van der Waals surface area contributed by atoms with Crippen LogP contribution in [0.5, 0.6) is 11.5 Å². The Kier molecular flexibility index (Phi) is 12.4. The second-order valence-corrected chi connectivity index (χ2v) is 19.4. The number of hydrogen-bond acceptors (Lipinski definition) is 12. The fraction of sp³-hybridized carbons (Fsp3) is 0.683. The van der Waals surface area contributed by atoms with Crippen molar-refractivity contribution in [2.24, 2.45) is 12.5 Å². The van der Waals surface area contributed by atoms with Gasteiger partial charge in [-0.1, -0.05) is 19.9 Å². The van der Waals surface area contributed by atoms with Crippen LogP contribution in [0, 0.1) is 5.41 Å². The van der Waals surface area contributed by atoms with Crippen molar-refractivity contribution in [1.29, 1.82) is 0 Å². The van der Waals surface area contributed by atoms with E-state index in [-0.39, 0.29) is 41.7 Å². The van der Waals surface area contributed by atoms with Gasteiger partial charge in [0.15, 0.2) is 11.8 Å². The van der Waals surface area contributed by atoms with Crippen molar-refractivity contribution < 1.29 is 52.2 Å². The molecule has 3 heterocycles. The number of amides is 2. The Bertz CT molecular complexity index is 1820. The van der Waals surface area contributed by atoms with E-state index in [0.717, 1.165) is 19.3 Å². The second kappa shape index (κ2) is 16.2. The maximum atomic E-state index is 14.1. The molecular weight excluding hydrogens is 735 g/mol. The van der Waals surface area contributed by atoms with Crippen molar-refractivity contribution in [2.45, 2.75) is 156 Å². The number of nitrogens with zero attached hydrogens (tertiary/aromatic N) is 3. The minimum atomic E-state index is -1.11. The number of nitrogens with one attached hydrogen (secondary N) is 1. The monoisotopic (exact) mass is 796 g/mol. The number of fused-ring (bicyclic) bond motifs is 1. The molecule has 1 unspecified atom stereocenters. The second-order valence-electron chi connectivity index (χ2n) is 19.4. The minimum absolute atomic E-state index is 0.0256. The fourth-order valence-corrected chi connectivity index (χ4v) is 7.44. The van der Waals surface area contributed by atoms with E-state index in [2.05, 4.69) is 31.1 Å². The van der Waals surface area contributed by atoms with E-state index in [1.807, 2.05) is 0 Å². The maximum absolute atomic E-state index is 14.1. The summed E-state index contributed by atoms with van der Waals surface area (Å²) in [6.45, 7) is 22.4. The van der Waals surface area contributed by atoms with Gasteiger partial charge in [-0.2, -0.15) is 0 Å². The predicted molar refractivity (Wildman–Crippen MR) is 211 cm³/mol. The van der Waals surface area contributed by atoms with E-state index >= 15 is 0 Å². The number of alkyl carbamates (subject to hydrolysis) is 1. The minimum Gasteiger partial charge on any atom is -0.486 e. The summed E-state index contributed by atoms with van der Waals surface area (Å²) < 4.78 is 43.6. The van der Waals surface area contributed by atoms with Gasteiger partial charge >= 0.3 is 25.3 Å². The lowest BCUT2D eigenvalue weighted by Crippen LogP contribution is -2.59. The molecule has 1 aliphatic carbocycles. The average molecular weight is 797 g/mol. The number of hydrogen-bond donors (Lipinski definition) is 1. The van der Waals surface area contributed by atoms with Crippen LogP contribution >= 0.6 is 0 Å². The number of aryl methyl sites for hydroxylation is 2. The maximum Gasteiger partial charge on any atom is 0.514 e. The highest BCUT2D eigenvalue weighted by Crippen LogP contribution is 2.48. The van der Waals surface area contributed by atoms with Crippen LogP contribution in [0.25, 0.3) is 0 Å². The zero-order valence-electron chi connectivity index (χ0n) is 35.9. The van der Waals surface area contributed by atoms with Gasteiger partial charge in [-0.15, -0.1) is 0 Å². The van der Waals surface area contributed by atoms with E-state index in [1.165, 1.54) is 11.2 Å². The fourth-order valence-electron chi connectivity index (χ4n) is 7.44. The molecule has 15 nitrogen and oxygen atoms in total. The number of aromatic nitrogens is 2. The van der Waals surface area contributed by atoms with Crippen molar-refractivity contribution in [3.05, 3.63) is 41.5 Å². The molecule has 1 N–H and O–H groups in total. The number of imidazole rings is 1. The largest absolute Gasteiger partial charge is 0.514 e. The zero-order valence-corrected chi connectivity index (χ0v) is 35.9. The van der Waals surface area contributed by atoms with Gasteiger partial charge in [-0.05, 0) is 118 Å². The molecular formula is C41H61BN4O11. The van der Waals surface area contributed by atoms with Crippen LogP contribution in [0.4, 0.5) is 9.59 Å². The van der Waals surface area contributed by atoms with E-state index < -0.39 is 65.8 Å². The number of ether oxygens (including phenoxy) is 5. The van der Waals surface area contributed by atoms with Crippen molar-refractivity contribution in [2.75, 3.05) is 13.1 Å². The predicted octanol–water partition coefficient (Wildman–Crippen LogP) is 6.96. The molecule has 5 rings (SSSR count). The van der Waals surface area contributed by atoms with Crippen LogP contribution in [0.2, 0.25) is 6.32 Å². The number of likely N-dealkylation sites (tertiary alicyclic amines) is 1. The van der Waals surface area contributed by atoms with Gasteiger partial charge in [0.2, 0.25) is 0 Å². The molecule has 2 aromatic rings. The number of rotatable bonds is 10. The molecule has 57 heavy (non-hydrogen) atoms. The molecule has 16 heteroatoms. The van der Waals surface area contributed by atoms with Gasteiger partial charge < -0.3 is 47.8 Å². The van der Waals surface area contributed by atoms with Gasteiger partial charge in [-0.25, -0.2) is 19.4 Å². The molecule has 0 spiro atoms. The molecule has 2 saturated heterocycles. The molecule has 3 fully saturated rings. The first kappa shape index (κ1) is 43.8. The van der Waals surface area contributed by atoms with Gasteiger partial charge in [0, 0.05) is 13.2 Å². The lowest BCUT2D eigenvalue weighted by molar-refractivity contribution is -0.142. The summed E-state index contributed by atoms with van der Waals surface area (Å²) >= 11 is 0. The van der Waals surface area contributed by atoms with Gasteiger partial charge in [0.25, 0.3) is 5.91 Å². The Balaban J connectivity index is 1.39. The van der Waals surface area contributed by atoms with Crippen LogP contribution in [0.1, 0.15) is 130 Å². The molecule has 3 aliphatic rings. The summed E-state index contributed by atoms with van der Waals surface area (Å²) in [6.07, 6.45) is 4.40. The van der Waals surface area contributed by atoms with Crippen molar-refractivity contribution in [3.8, 4) is 11.5 Å². The third-order valence-corrected chi connectivity index (χ3v) is 9.72. The first-order valence-corrected chi connectivity index (χ1v) is 19.8. The summed E-state index contributed by atoms with van der Waals surface area (Å²) in [5.41, 5.74) is -2.06. The quantitative estimate of drug-likeness (QED) is 0.114. The normalized spacial score (nSPS) is 21.5. The molecule has 1 aromatic carbocycles. The molecule has 2 aliphatic heterocycles. The third-order valence-electron chi connectivity index (χ3n) is 9.72. The number of carbonyl (C=O) groups excluding carboxylic acids is 4. The molecule has 314 valence electrons. The first-order valence-electron chi connectivity index (χ1n) is 19.8. The summed E-state index contributed by atoms with van der Waals surface area (Å²) in [7, 11) is 1.26. The summed E-state index contributed by atoms with van der Waals surface area (Å²) in [6, 6.07) is 2.26. The lowest BCUT2D eigenvalue weighted by Gasteiger charge is -2.43. The van der Waals surface area contributed by atoms with Gasteiger partial charge in [0.1, 0.15) is 34.2 Å². The Hall–Kier alpha value is -4.31. The molecule has 0 bridgehead atoms. The van der Waals surface area contributed by atoms with Crippen molar-refractivity contribution in [3.63, 3.8) is 0 Å². The number of benzene rings is 1. The lowest BCUT2D eigenvalue weighted by atomic mass is 9.69. The third kappa shape index (κ3) is 11.6. The summed E-state index contributed by atoms with van der Waals surface area (Å²) in [5.74, 6) is -1.13. The topological polar surface area (TPSA) is 166 Å². The van der Waals surface area contributed by atoms with Crippen LogP contribution in [-0.2, 0) is 41.8 Å². The van der Waals surface area contributed by atoms with Crippen LogP contribution < -0.4 is 14.8 Å². The Morgan fingerprint density at radius 3 is 2.21 bits per heavy atom. The Labute approximate surface area is 336 Å². The zero-order chi connectivity index (χ0) is 42.3. The highest BCUT2D eigenvalue weighted by atomic mass is 16.7. The number of carbonyl (C=O) groups is 4. The van der Waals surface area contributed by atoms with Gasteiger partial charge in [-0.3, -0.25) is 4.79 Å². The SMILES string of the molecule is Cn1cnc(C(NC(=O)OC(C)(C)C)C(=O)N2CC(Oc3ccc(CCB4O[C@@H]5CCC(C)(C)C[C@]5(C)O4)c(OC(=O)OC(C)(C)C)c3C(=O)OC(C)(C)C)C2)c1. The van der Waals surface area contributed by atoms with Crippen LogP contribution in [0.3, 0.4) is 0 Å².